The summed E-state index contributed by atoms with van der Waals surface area (Å²) in [6.45, 7) is 2.63. The molecule has 0 amide bonds. The van der Waals surface area contributed by atoms with Gasteiger partial charge in [0.05, 0.1) is 13.2 Å². The first-order valence-corrected chi connectivity index (χ1v) is 5.25. The lowest BCUT2D eigenvalue weighted by atomic mass is 10.2. The van der Waals surface area contributed by atoms with Gasteiger partial charge in [-0.25, -0.2) is 4.79 Å². The molecule has 86 valence electrons. The highest BCUT2D eigenvalue weighted by atomic mass is 16.7. The minimum absolute atomic E-state index is 0.129. The minimum atomic E-state index is -0.366. The van der Waals surface area contributed by atoms with Gasteiger partial charge in [0, 0.05) is 12.7 Å². The summed E-state index contributed by atoms with van der Waals surface area (Å²) in [6, 6.07) is 0. The van der Waals surface area contributed by atoms with E-state index in [4.69, 9.17) is 9.47 Å². The predicted molar refractivity (Wildman–Crippen MR) is 55.3 cm³/mol. The summed E-state index contributed by atoms with van der Waals surface area (Å²) in [5.74, 6) is -0.366. The van der Waals surface area contributed by atoms with Crippen LogP contribution < -0.4 is 0 Å². The summed E-state index contributed by atoms with van der Waals surface area (Å²) >= 11 is 0. The molecule has 1 rings (SSSR count). The van der Waals surface area contributed by atoms with E-state index in [1.54, 1.807) is 6.08 Å². The third kappa shape index (κ3) is 4.95. The van der Waals surface area contributed by atoms with Gasteiger partial charge in [-0.05, 0) is 32.3 Å². The van der Waals surface area contributed by atoms with E-state index in [-0.39, 0.29) is 18.4 Å². The fraction of sp³-hybridized carbons (Fsp3) is 0.727. The molecule has 0 radical (unpaired) electrons. The number of hydrogen-bond donors (Lipinski definition) is 0. The highest BCUT2D eigenvalue weighted by Gasteiger charge is 2.15. The van der Waals surface area contributed by atoms with Crippen molar-refractivity contribution in [3.63, 3.8) is 0 Å². The van der Waals surface area contributed by atoms with Crippen LogP contribution in [0.5, 0.6) is 0 Å². The zero-order valence-corrected chi connectivity index (χ0v) is 9.27. The van der Waals surface area contributed by atoms with Gasteiger partial charge >= 0.3 is 5.97 Å². The molecule has 1 aliphatic rings. The van der Waals surface area contributed by atoms with Gasteiger partial charge in [0.2, 0.25) is 0 Å². The standard InChI is InChI=1S/C11H18O4/c1-9(6-7-10(12)13-2)15-11-5-3-4-8-14-11/h6-7,9,11H,3-5,8H2,1-2H3/b7-6+/t9-,11?/m0/s1. The van der Waals surface area contributed by atoms with Crippen LogP contribution in [0.15, 0.2) is 12.2 Å². The van der Waals surface area contributed by atoms with E-state index in [9.17, 15) is 4.79 Å². The van der Waals surface area contributed by atoms with Crippen LogP contribution in [0.25, 0.3) is 0 Å². The quantitative estimate of drug-likeness (QED) is 0.527. The summed E-state index contributed by atoms with van der Waals surface area (Å²) < 4.78 is 15.5. The molecule has 0 aromatic heterocycles. The van der Waals surface area contributed by atoms with Crippen LogP contribution in [0.1, 0.15) is 26.2 Å². The van der Waals surface area contributed by atoms with Crippen LogP contribution >= 0.6 is 0 Å². The third-order valence-corrected chi connectivity index (χ3v) is 2.21. The Balaban J connectivity index is 2.24. The van der Waals surface area contributed by atoms with Gasteiger partial charge in [0.25, 0.3) is 0 Å². The van der Waals surface area contributed by atoms with Crippen molar-refractivity contribution in [2.75, 3.05) is 13.7 Å². The molecule has 4 heteroatoms. The maximum atomic E-state index is 10.8. The molecule has 1 fully saturated rings. The van der Waals surface area contributed by atoms with Gasteiger partial charge in [-0.3, -0.25) is 0 Å². The zero-order valence-electron chi connectivity index (χ0n) is 9.27. The van der Waals surface area contributed by atoms with E-state index < -0.39 is 0 Å². The molecule has 0 aromatic rings. The van der Waals surface area contributed by atoms with Crippen molar-refractivity contribution in [1.82, 2.24) is 0 Å². The lowest BCUT2D eigenvalue weighted by Gasteiger charge is -2.24. The van der Waals surface area contributed by atoms with Gasteiger partial charge in [0.15, 0.2) is 6.29 Å². The van der Waals surface area contributed by atoms with Crippen LogP contribution in [0, 0.1) is 0 Å². The van der Waals surface area contributed by atoms with E-state index >= 15 is 0 Å². The van der Waals surface area contributed by atoms with E-state index in [1.807, 2.05) is 6.92 Å². The van der Waals surface area contributed by atoms with Crippen LogP contribution in [0.2, 0.25) is 0 Å². The maximum Gasteiger partial charge on any atom is 0.330 e. The first-order chi connectivity index (χ1) is 7.22. The minimum Gasteiger partial charge on any atom is -0.466 e. The number of carbonyl (C=O) groups is 1. The van der Waals surface area contributed by atoms with Gasteiger partial charge in [-0.15, -0.1) is 0 Å². The van der Waals surface area contributed by atoms with Crippen LogP contribution in [-0.2, 0) is 19.0 Å². The number of ether oxygens (including phenoxy) is 3. The number of hydrogen-bond acceptors (Lipinski definition) is 4. The second-order valence-electron chi connectivity index (χ2n) is 3.52. The summed E-state index contributed by atoms with van der Waals surface area (Å²) in [4.78, 5) is 10.8. The Labute approximate surface area is 90.2 Å². The first-order valence-electron chi connectivity index (χ1n) is 5.25. The van der Waals surface area contributed by atoms with Crippen LogP contribution in [-0.4, -0.2) is 32.1 Å². The molecule has 0 saturated carbocycles. The van der Waals surface area contributed by atoms with Gasteiger partial charge in [0.1, 0.15) is 0 Å². The average Bonchev–Trinajstić information content (AvgIpc) is 2.27. The lowest BCUT2D eigenvalue weighted by molar-refractivity contribution is -0.175. The van der Waals surface area contributed by atoms with Crippen LogP contribution in [0.3, 0.4) is 0 Å². The van der Waals surface area contributed by atoms with E-state index in [1.165, 1.54) is 13.2 Å². The van der Waals surface area contributed by atoms with Crippen LogP contribution in [0.4, 0.5) is 0 Å². The Bertz CT molecular complexity index is 219. The third-order valence-electron chi connectivity index (χ3n) is 2.21. The SMILES string of the molecule is COC(=O)/C=C/[C@H](C)OC1CCCCO1. The zero-order chi connectivity index (χ0) is 11.1. The van der Waals surface area contributed by atoms with Crippen molar-refractivity contribution >= 4 is 5.97 Å². The van der Waals surface area contributed by atoms with Gasteiger partial charge < -0.3 is 14.2 Å². The Morgan fingerprint density at radius 3 is 2.93 bits per heavy atom. The fourth-order valence-electron chi connectivity index (χ4n) is 1.39. The van der Waals surface area contributed by atoms with Crippen molar-refractivity contribution in [3.05, 3.63) is 12.2 Å². The number of rotatable bonds is 4. The van der Waals surface area contributed by atoms with E-state index in [0.717, 1.165) is 25.9 Å². The summed E-state index contributed by atoms with van der Waals surface area (Å²) in [5, 5.41) is 0. The molecule has 0 spiro atoms. The van der Waals surface area contributed by atoms with Crippen molar-refractivity contribution in [2.45, 2.75) is 38.6 Å². The number of carbonyl (C=O) groups excluding carboxylic acids is 1. The molecule has 1 unspecified atom stereocenters. The van der Waals surface area contributed by atoms with Crippen molar-refractivity contribution in [1.29, 1.82) is 0 Å². The topological polar surface area (TPSA) is 44.8 Å². The number of esters is 1. The molecule has 0 bridgehead atoms. The molecule has 1 aliphatic heterocycles. The second-order valence-corrected chi connectivity index (χ2v) is 3.52. The molecule has 2 atom stereocenters. The summed E-state index contributed by atoms with van der Waals surface area (Å²) in [5.41, 5.74) is 0. The summed E-state index contributed by atoms with van der Waals surface area (Å²) in [6.07, 6.45) is 5.95. The molecule has 1 saturated heterocycles. The smallest absolute Gasteiger partial charge is 0.330 e. The molecule has 4 nitrogen and oxygen atoms in total. The monoisotopic (exact) mass is 214 g/mol. The molecule has 15 heavy (non-hydrogen) atoms. The van der Waals surface area contributed by atoms with E-state index in [2.05, 4.69) is 4.74 Å². The highest BCUT2D eigenvalue weighted by Crippen LogP contribution is 2.15. The molecular formula is C11H18O4. The Morgan fingerprint density at radius 1 is 1.53 bits per heavy atom. The summed E-state index contributed by atoms with van der Waals surface area (Å²) in [7, 11) is 1.35. The first kappa shape index (κ1) is 12.2. The molecule has 0 aromatic carbocycles. The number of methoxy groups -OCH3 is 1. The van der Waals surface area contributed by atoms with Crippen molar-refractivity contribution < 1.29 is 19.0 Å². The Kier molecular flexibility index (Phi) is 5.36. The predicted octanol–water partition coefficient (Wildman–Crippen LogP) is 1.65. The molecule has 0 N–H and O–H groups in total. The largest absolute Gasteiger partial charge is 0.466 e. The van der Waals surface area contributed by atoms with Crippen molar-refractivity contribution in [2.24, 2.45) is 0 Å². The Morgan fingerprint density at radius 2 is 2.33 bits per heavy atom. The highest BCUT2D eigenvalue weighted by molar-refractivity contribution is 5.81. The van der Waals surface area contributed by atoms with Gasteiger partial charge in [-0.2, -0.15) is 0 Å². The molecule has 0 aliphatic carbocycles. The van der Waals surface area contributed by atoms with Crippen molar-refractivity contribution in [3.8, 4) is 0 Å². The van der Waals surface area contributed by atoms with E-state index in [0.29, 0.717) is 0 Å². The molecular weight excluding hydrogens is 196 g/mol. The van der Waals surface area contributed by atoms with Gasteiger partial charge in [-0.1, -0.05) is 0 Å². The average molecular weight is 214 g/mol. The Hall–Kier alpha value is -0.870. The second kappa shape index (κ2) is 6.58. The lowest BCUT2D eigenvalue weighted by Crippen LogP contribution is -2.25. The maximum absolute atomic E-state index is 10.8. The molecule has 1 heterocycles. The fourth-order valence-corrected chi connectivity index (χ4v) is 1.39. The normalized spacial score (nSPS) is 24.0.